The zero-order valence-electron chi connectivity index (χ0n) is 10.1. The molecule has 0 aliphatic rings. The third-order valence-electron chi connectivity index (χ3n) is 2.07. The van der Waals surface area contributed by atoms with Gasteiger partial charge < -0.3 is 15.0 Å². The van der Waals surface area contributed by atoms with E-state index >= 15 is 0 Å². The average molecular weight is 230 g/mol. The van der Waals surface area contributed by atoms with Gasteiger partial charge in [-0.15, -0.1) is 0 Å². The molecule has 0 fully saturated rings. The van der Waals surface area contributed by atoms with Crippen molar-refractivity contribution in [3.63, 3.8) is 0 Å². The number of carbonyl (C=O) groups excluding carboxylic acids is 3. The summed E-state index contributed by atoms with van der Waals surface area (Å²) in [5.74, 6) is -1.25. The first-order chi connectivity index (χ1) is 7.38. The van der Waals surface area contributed by atoms with E-state index in [0.29, 0.717) is 0 Å². The van der Waals surface area contributed by atoms with Crippen LogP contribution >= 0.6 is 0 Å². The SMILES string of the molecule is COC(=O)C(C)CN(C)C(=O)CNC(C)=O. The van der Waals surface area contributed by atoms with Crippen molar-refractivity contribution < 1.29 is 19.1 Å². The lowest BCUT2D eigenvalue weighted by Gasteiger charge is -2.20. The van der Waals surface area contributed by atoms with Gasteiger partial charge in [0.05, 0.1) is 19.6 Å². The fraction of sp³-hybridized carbons (Fsp3) is 0.700. The molecule has 2 amide bonds. The number of nitrogens with zero attached hydrogens (tertiary/aromatic N) is 1. The number of rotatable bonds is 5. The van der Waals surface area contributed by atoms with Crippen molar-refractivity contribution in [3.05, 3.63) is 0 Å². The van der Waals surface area contributed by atoms with Gasteiger partial charge in [0.25, 0.3) is 0 Å². The largest absolute Gasteiger partial charge is 0.469 e. The quantitative estimate of drug-likeness (QED) is 0.639. The maximum Gasteiger partial charge on any atom is 0.310 e. The Balaban J connectivity index is 4.04. The summed E-state index contributed by atoms with van der Waals surface area (Å²) in [6.07, 6.45) is 0. The van der Waals surface area contributed by atoms with Crippen LogP contribution in [-0.4, -0.2) is 49.9 Å². The van der Waals surface area contributed by atoms with E-state index in [1.54, 1.807) is 14.0 Å². The van der Waals surface area contributed by atoms with Crippen molar-refractivity contribution in [3.8, 4) is 0 Å². The number of esters is 1. The minimum atomic E-state index is -0.378. The molecule has 0 radical (unpaired) electrons. The van der Waals surface area contributed by atoms with Crippen molar-refractivity contribution in [2.45, 2.75) is 13.8 Å². The van der Waals surface area contributed by atoms with E-state index in [-0.39, 0.29) is 36.8 Å². The number of nitrogens with one attached hydrogen (secondary N) is 1. The van der Waals surface area contributed by atoms with Crippen molar-refractivity contribution in [1.82, 2.24) is 10.2 Å². The van der Waals surface area contributed by atoms with E-state index in [1.165, 1.54) is 18.9 Å². The minimum absolute atomic E-state index is 0.0558. The molecular formula is C10H18N2O4. The number of likely N-dealkylation sites (N-methyl/N-ethyl adjacent to an activating group) is 1. The van der Waals surface area contributed by atoms with Gasteiger partial charge in [-0.3, -0.25) is 14.4 Å². The van der Waals surface area contributed by atoms with Gasteiger partial charge in [0, 0.05) is 20.5 Å². The summed E-state index contributed by atoms with van der Waals surface area (Å²) in [5, 5.41) is 2.40. The normalized spacial score (nSPS) is 11.5. The first-order valence-corrected chi connectivity index (χ1v) is 4.94. The second-order valence-corrected chi connectivity index (χ2v) is 3.61. The molecule has 6 nitrogen and oxygen atoms in total. The standard InChI is InChI=1S/C10H18N2O4/c1-7(10(15)16-4)6-12(3)9(14)5-11-8(2)13/h7H,5-6H2,1-4H3,(H,11,13). The van der Waals surface area contributed by atoms with Gasteiger partial charge in [0.1, 0.15) is 0 Å². The summed E-state index contributed by atoms with van der Waals surface area (Å²) in [4.78, 5) is 34.5. The molecule has 16 heavy (non-hydrogen) atoms. The minimum Gasteiger partial charge on any atom is -0.469 e. The average Bonchev–Trinajstić information content (AvgIpc) is 2.24. The first-order valence-electron chi connectivity index (χ1n) is 4.94. The number of hydrogen-bond donors (Lipinski definition) is 1. The molecular weight excluding hydrogens is 212 g/mol. The molecule has 0 bridgehead atoms. The maximum absolute atomic E-state index is 11.5. The fourth-order valence-corrected chi connectivity index (χ4v) is 1.12. The Morgan fingerprint density at radius 1 is 1.38 bits per heavy atom. The van der Waals surface area contributed by atoms with Gasteiger partial charge in [0.15, 0.2) is 0 Å². The second kappa shape index (κ2) is 6.81. The molecule has 0 aliphatic heterocycles. The molecule has 0 aromatic rings. The van der Waals surface area contributed by atoms with Gasteiger partial charge in [0.2, 0.25) is 11.8 Å². The molecule has 1 atom stereocenters. The van der Waals surface area contributed by atoms with Gasteiger partial charge >= 0.3 is 5.97 Å². The lowest BCUT2D eigenvalue weighted by Crippen LogP contribution is -2.40. The Labute approximate surface area is 94.9 Å². The van der Waals surface area contributed by atoms with Crippen LogP contribution in [0.15, 0.2) is 0 Å². The number of ether oxygens (including phenoxy) is 1. The molecule has 92 valence electrons. The number of carbonyl (C=O) groups is 3. The Kier molecular flexibility index (Phi) is 6.14. The fourth-order valence-electron chi connectivity index (χ4n) is 1.12. The van der Waals surface area contributed by atoms with Gasteiger partial charge in [-0.2, -0.15) is 0 Å². The summed E-state index contributed by atoms with van der Waals surface area (Å²) in [5.41, 5.74) is 0. The van der Waals surface area contributed by atoms with E-state index in [9.17, 15) is 14.4 Å². The monoisotopic (exact) mass is 230 g/mol. The summed E-state index contributed by atoms with van der Waals surface area (Å²) in [7, 11) is 2.88. The van der Waals surface area contributed by atoms with Crippen LogP contribution in [0.3, 0.4) is 0 Å². The highest BCUT2D eigenvalue weighted by molar-refractivity contribution is 5.84. The van der Waals surface area contributed by atoms with E-state index in [2.05, 4.69) is 10.1 Å². The smallest absolute Gasteiger partial charge is 0.310 e. The zero-order chi connectivity index (χ0) is 12.7. The molecule has 1 unspecified atom stereocenters. The Bertz CT molecular complexity index is 278. The van der Waals surface area contributed by atoms with E-state index in [1.807, 2.05) is 0 Å². The van der Waals surface area contributed by atoms with Gasteiger partial charge in [-0.1, -0.05) is 6.92 Å². The molecule has 0 aliphatic carbocycles. The molecule has 0 saturated heterocycles. The highest BCUT2D eigenvalue weighted by Crippen LogP contribution is 2.00. The van der Waals surface area contributed by atoms with Crippen LogP contribution < -0.4 is 5.32 Å². The molecule has 0 rings (SSSR count). The third kappa shape index (κ3) is 5.33. The maximum atomic E-state index is 11.5. The molecule has 0 spiro atoms. The molecule has 6 heteroatoms. The number of methoxy groups -OCH3 is 1. The van der Waals surface area contributed by atoms with Crippen LogP contribution in [0.5, 0.6) is 0 Å². The lowest BCUT2D eigenvalue weighted by molar-refractivity contribution is -0.146. The second-order valence-electron chi connectivity index (χ2n) is 3.61. The summed E-state index contributed by atoms with van der Waals surface area (Å²) in [6.45, 7) is 3.23. The van der Waals surface area contributed by atoms with Crippen LogP contribution in [-0.2, 0) is 19.1 Å². The highest BCUT2D eigenvalue weighted by Gasteiger charge is 2.18. The van der Waals surface area contributed by atoms with E-state index in [0.717, 1.165) is 0 Å². The molecule has 0 heterocycles. The van der Waals surface area contributed by atoms with Crippen LogP contribution in [0.4, 0.5) is 0 Å². The zero-order valence-corrected chi connectivity index (χ0v) is 10.1. The van der Waals surface area contributed by atoms with Crippen LogP contribution in [0.25, 0.3) is 0 Å². The summed E-state index contributed by atoms with van der Waals surface area (Å²) < 4.78 is 4.54. The van der Waals surface area contributed by atoms with Gasteiger partial charge in [-0.25, -0.2) is 0 Å². The Hall–Kier alpha value is -1.59. The molecule has 0 saturated carbocycles. The predicted octanol–water partition coefficient (Wildman–Crippen LogP) is -0.610. The van der Waals surface area contributed by atoms with E-state index in [4.69, 9.17) is 0 Å². The predicted molar refractivity (Wildman–Crippen MR) is 57.5 cm³/mol. The van der Waals surface area contributed by atoms with Crippen molar-refractivity contribution in [2.75, 3.05) is 27.2 Å². The van der Waals surface area contributed by atoms with Crippen molar-refractivity contribution in [2.24, 2.45) is 5.92 Å². The van der Waals surface area contributed by atoms with Crippen molar-refractivity contribution >= 4 is 17.8 Å². The van der Waals surface area contributed by atoms with Crippen molar-refractivity contribution in [1.29, 1.82) is 0 Å². The van der Waals surface area contributed by atoms with Crippen LogP contribution in [0, 0.1) is 5.92 Å². The van der Waals surface area contributed by atoms with Crippen LogP contribution in [0.1, 0.15) is 13.8 Å². The number of hydrogen-bond acceptors (Lipinski definition) is 4. The third-order valence-corrected chi connectivity index (χ3v) is 2.07. The summed E-state index contributed by atoms with van der Waals surface area (Å²) >= 11 is 0. The molecule has 0 aromatic carbocycles. The van der Waals surface area contributed by atoms with Gasteiger partial charge in [-0.05, 0) is 0 Å². The lowest BCUT2D eigenvalue weighted by atomic mass is 10.2. The summed E-state index contributed by atoms with van der Waals surface area (Å²) in [6, 6.07) is 0. The molecule has 1 N–H and O–H groups in total. The highest BCUT2D eigenvalue weighted by atomic mass is 16.5. The van der Waals surface area contributed by atoms with Crippen LogP contribution in [0.2, 0.25) is 0 Å². The molecule has 0 aromatic heterocycles. The topological polar surface area (TPSA) is 75.7 Å². The number of amides is 2. The Morgan fingerprint density at radius 3 is 2.38 bits per heavy atom. The first kappa shape index (κ1) is 14.4. The van der Waals surface area contributed by atoms with E-state index < -0.39 is 0 Å². The Morgan fingerprint density at radius 2 is 1.94 bits per heavy atom.